The summed E-state index contributed by atoms with van der Waals surface area (Å²) in [4.78, 5) is 9.72. The molecule has 1 saturated heterocycles. The van der Waals surface area contributed by atoms with E-state index in [-0.39, 0.29) is 0 Å². The summed E-state index contributed by atoms with van der Waals surface area (Å²) >= 11 is 0. The second-order valence-corrected chi connectivity index (χ2v) is 8.59. The van der Waals surface area contributed by atoms with Gasteiger partial charge in [0.1, 0.15) is 0 Å². The highest BCUT2D eigenvalue weighted by Crippen LogP contribution is 2.37. The number of pyridine rings is 2. The molecule has 0 aliphatic carbocycles. The normalized spacial score (nSPS) is 17.9. The van der Waals surface area contributed by atoms with Crippen molar-refractivity contribution < 1.29 is 9.31 Å². The predicted molar refractivity (Wildman–Crippen MR) is 118 cm³/mol. The van der Waals surface area contributed by atoms with Crippen LogP contribution in [0.3, 0.4) is 0 Å². The molecule has 29 heavy (non-hydrogen) atoms. The average Bonchev–Trinajstić information content (AvgIpc) is 2.93. The first-order chi connectivity index (χ1) is 13.8. The number of nitrogens with zero attached hydrogens (tertiary/aromatic N) is 2. The molecule has 0 amide bonds. The SMILES string of the molecule is CC1(C)OB(c2cc(-c3ccc4ccccc4n3)nc3ccccc23)OC1(C)C. The summed E-state index contributed by atoms with van der Waals surface area (Å²) in [7, 11) is -0.452. The van der Waals surface area contributed by atoms with Crippen molar-refractivity contribution in [3.8, 4) is 11.4 Å². The highest BCUT2D eigenvalue weighted by Gasteiger charge is 2.52. The molecule has 144 valence electrons. The van der Waals surface area contributed by atoms with Gasteiger partial charge >= 0.3 is 7.12 Å². The van der Waals surface area contributed by atoms with Crippen LogP contribution in [0.2, 0.25) is 0 Å². The van der Waals surface area contributed by atoms with E-state index < -0.39 is 18.3 Å². The molecule has 0 atom stereocenters. The van der Waals surface area contributed by atoms with Gasteiger partial charge in [0.2, 0.25) is 0 Å². The Morgan fingerprint density at radius 2 is 1.31 bits per heavy atom. The van der Waals surface area contributed by atoms with Crippen LogP contribution in [0.4, 0.5) is 0 Å². The zero-order valence-electron chi connectivity index (χ0n) is 17.1. The Balaban J connectivity index is 1.68. The fourth-order valence-corrected chi connectivity index (χ4v) is 3.71. The summed E-state index contributed by atoms with van der Waals surface area (Å²) in [5.74, 6) is 0. The van der Waals surface area contributed by atoms with E-state index >= 15 is 0 Å². The van der Waals surface area contributed by atoms with Gasteiger partial charge in [0.05, 0.1) is 33.6 Å². The molecular weight excluding hydrogens is 359 g/mol. The molecule has 0 radical (unpaired) electrons. The number of benzene rings is 2. The van der Waals surface area contributed by atoms with Crippen LogP contribution in [0.5, 0.6) is 0 Å². The molecule has 2 aromatic heterocycles. The van der Waals surface area contributed by atoms with Crippen molar-refractivity contribution in [2.75, 3.05) is 0 Å². The lowest BCUT2D eigenvalue weighted by Crippen LogP contribution is -2.41. The van der Waals surface area contributed by atoms with E-state index in [9.17, 15) is 0 Å². The molecule has 0 bridgehead atoms. The molecular formula is C24H23BN2O2. The molecule has 1 aliphatic rings. The van der Waals surface area contributed by atoms with Crippen LogP contribution in [0.15, 0.2) is 66.7 Å². The lowest BCUT2D eigenvalue weighted by atomic mass is 9.76. The number of fused-ring (bicyclic) bond motifs is 2. The summed E-state index contributed by atoms with van der Waals surface area (Å²) in [6.07, 6.45) is 0. The van der Waals surface area contributed by atoms with Crippen molar-refractivity contribution in [2.45, 2.75) is 38.9 Å². The zero-order valence-corrected chi connectivity index (χ0v) is 17.1. The molecule has 0 saturated carbocycles. The monoisotopic (exact) mass is 382 g/mol. The second kappa shape index (κ2) is 6.38. The lowest BCUT2D eigenvalue weighted by Gasteiger charge is -2.32. The molecule has 0 unspecified atom stereocenters. The van der Waals surface area contributed by atoms with Gasteiger partial charge in [-0.25, -0.2) is 9.97 Å². The molecule has 0 spiro atoms. The third-order valence-electron chi connectivity index (χ3n) is 6.12. The molecule has 5 rings (SSSR count). The molecule has 0 N–H and O–H groups in total. The van der Waals surface area contributed by atoms with E-state index in [0.29, 0.717) is 0 Å². The van der Waals surface area contributed by atoms with Crippen molar-refractivity contribution >= 4 is 34.4 Å². The Morgan fingerprint density at radius 3 is 2.07 bits per heavy atom. The molecule has 4 nitrogen and oxygen atoms in total. The molecule has 4 aromatic rings. The first-order valence-corrected chi connectivity index (χ1v) is 9.96. The smallest absolute Gasteiger partial charge is 0.399 e. The molecule has 5 heteroatoms. The minimum atomic E-state index is -0.452. The van der Waals surface area contributed by atoms with Crippen molar-refractivity contribution in [1.29, 1.82) is 0 Å². The topological polar surface area (TPSA) is 44.2 Å². The van der Waals surface area contributed by atoms with E-state index in [0.717, 1.165) is 38.7 Å². The van der Waals surface area contributed by atoms with Gasteiger partial charge in [-0.15, -0.1) is 0 Å². The number of hydrogen-bond donors (Lipinski definition) is 0. The van der Waals surface area contributed by atoms with Crippen LogP contribution < -0.4 is 5.46 Å². The van der Waals surface area contributed by atoms with Gasteiger partial charge in [-0.05, 0) is 62.8 Å². The van der Waals surface area contributed by atoms with Crippen LogP contribution in [0.25, 0.3) is 33.2 Å². The lowest BCUT2D eigenvalue weighted by molar-refractivity contribution is 0.00578. The first kappa shape index (κ1) is 18.3. The quantitative estimate of drug-likeness (QED) is 0.470. The van der Waals surface area contributed by atoms with Crippen LogP contribution in [-0.2, 0) is 9.31 Å². The van der Waals surface area contributed by atoms with Crippen molar-refractivity contribution in [3.05, 3.63) is 66.7 Å². The minimum Gasteiger partial charge on any atom is -0.399 e. The van der Waals surface area contributed by atoms with Crippen molar-refractivity contribution in [2.24, 2.45) is 0 Å². The number of para-hydroxylation sites is 2. The Hall–Kier alpha value is -2.76. The van der Waals surface area contributed by atoms with Gasteiger partial charge in [0.25, 0.3) is 0 Å². The van der Waals surface area contributed by atoms with Gasteiger partial charge in [0.15, 0.2) is 0 Å². The summed E-state index contributed by atoms with van der Waals surface area (Å²) in [5.41, 5.74) is 3.71. The maximum Gasteiger partial charge on any atom is 0.495 e. The Labute approximate surface area is 171 Å². The largest absolute Gasteiger partial charge is 0.495 e. The Bertz CT molecular complexity index is 1220. The van der Waals surface area contributed by atoms with Crippen molar-refractivity contribution in [1.82, 2.24) is 9.97 Å². The van der Waals surface area contributed by atoms with Gasteiger partial charge in [-0.2, -0.15) is 0 Å². The molecule has 1 fully saturated rings. The van der Waals surface area contributed by atoms with E-state index in [1.807, 2.05) is 42.5 Å². The van der Waals surface area contributed by atoms with E-state index in [4.69, 9.17) is 19.3 Å². The third kappa shape index (κ3) is 3.02. The molecule has 3 heterocycles. The fourth-order valence-electron chi connectivity index (χ4n) is 3.71. The van der Waals surface area contributed by atoms with Gasteiger partial charge in [-0.3, -0.25) is 0 Å². The number of rotatable bonds is 2. The van der Waals surface area contributed by atoms with E-state index in [2.05, 4.69) is 52.0 Å². The standard InChI is InChI=1S/C24H23BN2O2/c1-23(2)24(3,4)29-25(28-23)18-15-22(27-20-12-8-6-10-17(18)20)21-14-13-16-9-5-7-11-19(16)26-21/h5-15H,1-4H3. The summed E-state index contributed by atoms with van der Waals surface area (Å²) in [6.45, 7) is 8.29. The highest BCUT2D eigenvalue weighted by atomic mass is 16.7. The Morgan fingerprint density at radius 1 is 0.690 bits per heavy atom. The molecule has 1 aliphatic heterocycles. The van der Waals surface area contributed by atoms with Crippen LogP contribution in [0.1, 0.15) is 27.7 Å². The second-order valence-electron chi connectivity index (χ2n) is 8.59. The van der Waals surface area contributed by atoms with Crippen molar-refractivity contribution in [3.63, 3.8) is 0 Å². The van der Waals surface area contributed by atoms with Crippen LogP contribution in [-0.4, -0.2) is 28.3 Å². The average molecular weight is 382 g/mol. The van der Waals surface area contributed by atoms with Gasteiger partial charge in [0, 0.05) is 5.39 Å². The predicted octanol–water partition coefficient (Wildman–Crippen LogP) is 4.75. The van der Waals surface area contributed by atoms with Crippen LogP contribution in [0, 0.1) is 0 Å². The number of aromatic nitrogens is 2. The maximum absolute atomic E-state index is 6.35. The minimum absolute atomic E-state index is 0.399. The summed E-state index contributed by atoms with van der Waals surface area (Å²) in [5, 5.41) is 2.15. The summed E-state index contributed by atoms with van der Waals surface area (Å²) in [6, 6.07) is 22.4. The number of hydrogen-bond acceptors (Lipinski definition) is 4. The van der Waals surface area contributed by atoms with E-state index in [1.54, 1.807) is 0 Å². The Kier molecular flexibility index (Phi) is 4.02. The van der Waals surface area contributed by atoms with Gasteiger partial charge in [-0.1, -0.05) is 42.5 Å². The van der Waals surface area contributed by atoms with Gasteiger partial charge < -0.3 is 9.31 Å². The first-order valence-electron chi connectivity index (χ1n) is 9.96. The van der Waals surface area contributed by atoms with Crippen LogP contribution >= 0.6 is 0 Å². The maximum atomic E-state index is 6.35. The highest BCUT2D eigenvalue weighted by molar-refractivity contribution is 6.65. The summed E-state index contributed by atoms with van der Waals surface area (Å²) < 4.78 is 12.7. The fraction of sp³-hybridized carbons (Fsp3) is 0.250. The zero-order chi connectivity index (χ0) is 20.2. The third-order valence-corrected chi connectivity index (χ3v) is 6.12. The molecule has 2 aromatic carbocycles. The van der Waals surface area contributed by atoms with E-state index in [1.165, 1.54) is 0 Å².